The standard InChI is InChI=1S/C19H31NO5/c1-5-6-7-8-9-10-16(21)14-12-20(4)15(17(14)22)11-19(25,13(2)3)18(23)24/h7-10,13,15,17,21-22,25H,5-6,11-12H2,1-4H3,(H,23,24)/b8-7+,10-9+,16-14+/t15-,17?,19?/m1/s1. The topological polar surface area (TPSA) is 101 Å². The number of nitrogens with zero attached hydrogens (tertiary/aromatic N) is 1. The van der Waals surface area contributed by atoms with Crippen LogP contribution in [0.2, 0.25) is 0 Å². The fourth-order valence-corrected chi connectivity index (χ4v) is 2.94. The Labute approximate surface area is 149 Å². The number of hydrogen-bond donors (Lipinski definition) is 4. The Morgan fingerprint density at radius 1 is 1.36 bits per heavy atom. The lowest BCUT2D eigenvalue weighted by Gasteiger charge is -2.33. The predicted octanol–water partition coefficient (Wildman–Crippen LogP) is 2.25. The Balaban J connectivity index is 2.94. The van der Waals surface area contributed by atoms with Crippen LogP contribution in [0.5, 0.6) is 0 Å². The molecule has 0 saturated carbocycles. The molecule has 142 valence electrons. The third-order valence-corrected chi connectivity index (χ3v) is 4.84. The zero-order chi connectivity index (χ0) is 19.2. The SMILES string of the molecule is CCC/C=C/C=C/C(O)=C1/CN(C)[C@H](CC(O)(C(=O)O)C(C)C)C1O. The number of rotatable bonds is 8. The minimum absolute atomic E-state index is 0.0218. The van der Waals surface area contributed by atoms with Crippen LogP contribution in [0.3, 0.4) is 0 Å². The van der Waals surface area contributed by atoms with Gasteiger partial charge in [-0.1, -0.05) is 45.4 Å². The Morgan fingerprint density at radius 2 is 2.00 bits per heavy atom. The molecule has 3 atom stereocenters. The first-order valence-corrected chi connectivity index (χ1v) is 8.74. The summed E-state index contributed by atoms with van der Waals surface area (Å²) in [4.78, 5) is 13.2. The van der Waals surface area contributed by atoms with Gasteiger partial charge in [-0.15, -0.1) is 0 Å². The highest BCUT2D eigenvalue weighted by Gasteiger charge is 2.47. The number of aliphatic hydroxyl groups is 3. The van der Waals surface area contributed by atoms with Crippen molar-refractivity contribution in [2.45, 2.75) is 57.8 Å². The van der Waals surface area contributed by atoms with Crippen LogP contribution < -0.4 is 0 Å². The lowest BCUT2D eigenvalue weighted by molar-refractivity contribution is -0.166. The highest BCUT2D eigenvalue weighted by molar-refractivity contribution is 5.77. The van der Waals surface area contributed by atoms with E-state index in [1.807, 2.05) is 12.2 Å². The molecule has 25 heavy (non-hydrogen) atoms. The monoisotopic (exact) mass is 353 g/mol. The summed E-state index contributed by atoms with van der Waals surface area (Å²) < 4.78 is 0. The summed E-state index contributed by atoms with van der Waals surface area (Å²) in [6, 6.07) is -0.579. The van der Waals surface area contributed by atoms with Crippen molar-refractivity contribution in [1.82, 2.24) is 4.90 Å². The summed E-state index contributed by atoms with van der Waals surface area (Å²) in [6.45, 7) is 5.66. The van der Waals surface area contributed by atoms with E-state index in [1.54, 1.807) is 31.9 Å². The van der Waals surface area contributed by atoms with E-state index in [1.165, 1.54) is 6.08 Å². The predicted molar refractivity (Wildman–Crippen MR) is 97.3 cm³/mol. The van der Waals surface area contributed by atoms with Crippen LogP contribution in [0.15, 0.2) is 35.6 Å². The molecule has 1 aliphatic heterocycles. The normalized spacial score (nSPS) is 26.7. The summed E-state index contributed by atoms with van der Waals surface area (Å²) >= 11 is 0. The van der Waals surface area contributed by atoms with Crippen molar-refractivity contribution in [3.63, 3.8) is 0 Å². The van der Waals surface area contributed by atoms with Gasteiger partial charge in [-0.2, -0.15) is 0 Å². The van der Waals surface area contributed by atoms with E-state index >= 15 is 0 Å². The lowest BCUT2D eigenvalue weighted by Crippen LogP contribution is -2.50. The molecule has 1 heterocycles. The number of likely N-dealkylation sites (N-methyl/N-ethyl adjacent to an activating group) is 1. The van der Waals surface area contributed by atoms with Crippen LogP contribution in [0, 0.1) is 5.92 Å². The first kappa shape index (κ1) is 21.4. The number of aliphatic hydroxyl groups excluding tert-OH is 2. The van der Waals surface area contributed by atoms with Crippen molar-refractivity contribution < 1.29 is 25.2 Å². The average molecular weight is 353 g/mol. The number of likely N-dealkylation sites (tertiary alicyclic amines) is 1. The number of unbranched alkanes of at least 4 members (excludes halogenated alkanes) is 1. The van der Waals surface area contributed by atoms with Crippen LogP contribution in [0.4, 0.5) is 0 Å². The van der Waals surface area contributed by atoms with Gasteiger partial charge in [-0.05, 0) is 25.5 Å². The number of carbonyl (C=O) groups is 1. The summed E-state index contributed by atoms with van der Waals surface area (Å²) in [7, 11) is 1.74. The molecule has 1 saturated heterocycles. The highest BCUT2D eigenvalue weighted by atomic mass is 16.4. The third kappa shape index (κ3) is 5.17. The van der Waals surface area contributed by atoms with E-state index in [4.69, 9.17) is 0 Å². The Kier molecular flexibility index (Phi) is 7.86. The highest BCUT2D eigenvalue weighted by Crippen LogP contribution is 2.33. The maximum atomic E-state index is 11.5. The number of aliphatic carboxylic acids is 1. The zero-order valence-electron chi connectivity index (χ0n) is 15.5. The number of carboxylic acids is 1. The van der Waals surface area contributed by atoms with E-state index in [0.717, 1.165) is 12.8 Å². The molecule has 1 aliphatic rings. The molecule has 0 radical (unpaired) electrons. The first-order chi connectivity index (χ1) is 11.6. The molecule has 1 rings (SSSR count). The third-order valence-electron chi connectivity index (χ3n) is 4.84. The lowest BCUT2D eigenvalue weighted by atomic mass is 9.83. The minimum atomic E-state index is -1.93. The quantitative estimate of drug-likeness (QED) is 0.394. The van der Waals surface area contributed by atoms with Crippen LogP contribution in [-0.4, -0.2) is 62.6 Å². The molecule has 6 nitrogen and oxygen atoms in total. The number of hydrogen-bond acceptors (Lipinski definition) is 5. The van der Waals surface area contributed by atoms with Crippen LogP contribution in [-0.2, 0) is 4.79 Å². The van der Waals surface area contributed by atoms with Crippen molar-refractivity contribution in [3.05, 3.63) is 35.6 Å². The van der Waals surface area contributed by atoms with E-state index in [2.05, 4.69) is 6.92 Å². The van der Waals surface area contributed by atoms with E-state index in [9.17, 15) is 25.2 Å². The molecule has 0 aromatic heterocycles. The maximum absolute atomic E-state index is 11.5. The molecule has 0 bridgehead atoms. The fraction of sp³-hybridized carbons (Fsp3) is 0.632. The van der Waals surface area contributed by atoms with Crippen molar-refractivity contribution in [3.8, 4) is 0 Å². The van der Waals surface area contributed by atoms with Crippen molar-refractivity contribution in [1.29, 1.82) is 0 Å². The van der Waals surface area contributed by atoms with Gasteiger partial charge in [-0.3, -0.25) is 4.90 Å². The summed E-state index contributed by atoms with van der Waals surface area (Å²) in [5.41, 5.74) is -1.49. The van der Waals surface area contributed by atoms with Gasteiger partial charge in [0.15, 0.2) is 5.60 Å². The fourth-order valence-electron chi connectivity index (χ4n) is 2.94. The van der Waals surface area contributed by atoms with E-state index in [-0.39, 0.29) is 12.2 Å². The van der Waals surface area contributed by atoms with Gasteiger partial charge in [0, 0.05) is 24.6 Å². The molecule has 2 unspecified atom stereocenters. The van der Waals surface area contributed by atoms with E-state index in [0.29, 0.717) is 12.1 Å². The Bertz CT molecular complexity index is 552. The molecule has 0 aromatic carbocycles. The molecule has 1 fully saturated rings. The van der Waals surface area contributed by atoms with Gasteiger partial charge < -0.3 is 20.4 Å². The smallest absolute Gasteiger partial charge is 0.336 e. The van der Waals surface area contributed by atoms with Crippen LogP contribution >= 0.6 is 0 Å². The van der Waals surface area contributed by atoms with Crippen LogP contribution in [0.1, 0.15) is 40.0 Å². The molecular weight excluding hydrogens is 322 g/mol. The second-order valence-corrected chi connectivity index (χ2v) is 7.00. The molecule has 0 amide bonds. The summed E-state index contributed by atoms with van der Waals surface area (Å²) in [6.07, 6.45) is 7.91. The second-order valence-electron chi connectivity index (χ2n) is 7.00. The molecule has 0 aliphatic carbocycles. The van der Waals surface area contributed by atoms with Gasteiger partial charge in [0.1, 0.15) is 5.76 Å². The molecular formula is C19H31NO5. The first-order valence-electron chi connectivity index (χ1n) is 8.74. The van der Waals surface area contributed by atoms with Crippen molar-refractivity contribution >= 4 is 5.97 Å². The summed E-state index contributed by atoms with van der Waals surface area (Å²) in [5.74, 6) is -1.83. The Morgan fingerprint density at radius 3 is 2.52 bits per heavy atom. The largest absolute Gasteiger partial charge is 0.508 e. The second kappa shape index (κ2) is 9.17. The van der Waals surface area contributed by atoms with Gasteiger partial charge >= 0.3 is 5.97 Å². The maximum Gasteiger partial charge on any atom is 0.336 e. The van der Waals surface area contributed by atoms with Crippen molar-refractivity contribution in [2.24, 2.45) is 5.92 Å². The Hall–Kier alpha value is -1.63. The van der Waals surface area contributed by atoms with Gasteiger partial charge in [-0.25, -0.2) is 4.79 Å². The van der Waals surface area contributed by atoms with Crippen molar-refractivity contribution in [2.75, 3.05) is 13.6 Å². The molecule has 0 aromatic rings. The van der Waals surface area contributed by atoms with E-state index < -0.39 is 29.6 Å². The van der Waals surface area contributed by atoms with Gasteiger partial charge in [0.2, 0.25) is 0 Å². The average Bonchev–Trinajstić information content (AvgIpc) is 2.82. The molecule has 6 heteroatoms. The minimum Gasteiger partial charge on any atom is -0.508 e. The summed E-state index contributed by atoms with van der Waals surface area (Å²) in [5, 5.41) is 40.6. The number of carboxylic acid groups (broad SMARTS) is 1. The number of allylic oxidation sites excluding steroid dienone is 4. The van der Waals surface area contributed by atoms with Gasteiger partial charge in [0.25, 0.3) is 0 Å². The molecule has 4 N–H and O–H groups in total. The zero-order valence-corrected chi connectivity index (χ0v) is 15.5. The molecule has 0 spiro atoms. The van der Waals surface area contributed by atoms with Crippen LogP contribution in [0.25, 0.3) is 0 Å². The van der Waals surface area contributed by atoms with Gasteiger partial charge in [0.05, 0.1) is 6.10 Å².